The van der Waals surface area contributed by atoms with E-state index >= 15 is 0 Å². The van der Waals surface area contributed by atoms with Gasteiger partial charge in [0, 0.05) is 21.8 Å². The Balaban J connectivity index is 1.86. The van der Waals surface area contributed by atoms with Crippen molar-refractivity contribution in [2.45, 2.75) is 27.8 Å². The van der Waals surface area contributed by atoms with Crippen molar-refractivity contribution >= 4 is 29.3 Å². The SMILES string of the molecule is N#Cc1cccc(C(=O)c2ccccc2S[C@H]2SC[C@@H](O)[C@H](O)[C@H]2O)c1. The molecular formula is C19H17NO4S2. The molecule has 0 aliphatic carbocycles. The number of nitriles is 1. The van der Waals surface area contributed by atoms with E-state index in [4.69, 9.17) is 5.26 Å². The molecule has 1 aliphatic heterocycles. The second-order valence-electron chi connectivity index (χ2n) is 5.89. The number of ketones is 1. The largest absolute Gasteiger partial charge is 0.389 e. The van der Waals surface area contributed by atoms with Gasteiger partial charge in [0.2, 0.25) is 0 Å². The van der Waals surface area contributed by atoms with Gasteiger partial charge >= 0.3 is 0 Å². The van der Waals surface area contributed by atoms with E-state index in [0.717, 1.165) is 0 Å². The first kappa shape index (κ1) is 19.0. The molecule has 3 N–H and O–H groups in total. The van der Waals surface area contributed by atoms with Gasteiger partial charge in [-0.05, 0) is 24.3 Å². The van der Waals surface area contributed by atoms with Gasteiger partial charge < -0.3 is 15.3 Å². The fourth-order valence-electron chi connectivity index (χ4n) is 2.65. The van der Waals surface area contributed by atoms with E-state index in [0.29, 0.717) is 27.3 Å². The van der Waals surface area contributed by atoms with Crippen LogP contribution < -0.4 is 0 Å². The molecule has 0 unspecified atom stereocenters. The molecule has 3 rings (SSSR count). The number of hydrogen-bond donors (Lipinski definition) is 3. The molecule has 0 saturated carbocycles. The Morgan fingerprint density at radius 1 is 1.12 bits per heavy atom. The number of carbonyl (C=O) groups is 1. The van der Waals surface area contributed by atoms with E-state index in [-0.39, 0.29) is 5.78 Å². The second-order valence-corrected chi connectivity index (χ2v) is 8.54. The number of carbonyl (C=O) groups excluding carboxylic acids is 1. The fourth-order valence-corrected chi connectivity index (χ4v) is 5.41. The maximum Gasteiger partial charge on any atom is 0.194 e. The highest BCUT2D eigenvalue weighted by Crippen LogP contribution is 2.40. The Bertz CT molecular complexity index is 851. The maximum absolute atomic E-state index is 12.9. The number of thioether (sulfide) groups is 2. The van der Waals surface area contributed by atoms with Crippen LogP contribution in [-0.2, 0) is 0 Å². The van der Waals surface area contributed by atoms with Crippen molar-refractivity contribution in [2.24, 2.45) is 0 Å². The van der Waals surface area contributed by atoms with Crippen LogP contribution in [0.4, 0.5) is 0 Å². The number of rotatable bonds is 4. The lowest BCUT2D eigenvalue weighted by Gasteiger charge is -2.34. The first-order chi connectivity index (χ1) is 12.5. The van der Waals surface area contributed by atoms with Crippen LogP contribution in [0.1, 0.15) is 21.5 Å². The predicted molar refractivity (Wildman–Crippen MR) is 101 cm³/mol. The lowest BCUT2D eigenvalue weighted by atomic mass is 10.0. The Kier molecular flexibility index (Phi) is 6.01. The third-order valence-corrected chi connectivity index (χ3v) is 7.04. The van der Waals surface area contributed by atoms with Crippen molar-refractivity contribution in [3.63, 3.8) is 0 Å². The van der Waals surface area contributed by atoms with Crippen molar-refractivity contribution < 1.29 is 20.1 Å². The highest BCUT2D eigenvalue weighted by molar-refractivity contribution is 8.17. The topological polar surface area (TPSA) is 102 Å². The van der Waals surface area contributed by atoms with Gasteiger partial charge in [-0.1, -0.05) is 24.3 Å². The standard InChI is InChI=1S/C19H17NO4S2/c20-9-11-4-3-5-12(8-11)16(22)13-6-1-2-7-15(13)26-19-18(24)17(23)14(21)10-25-19/h1-8,14,17-19,21,23-24H,10H2/t14-,17+,18-,19-/m1/s1. The van der Waals surface area contributed by atoms with Gasteiger partial charge in [0.15, 0.2) is 5.78 Å². The number of nitrogens with zero attached hydrogens (tertiary/aromatic N) is 1. The normalized spacial score (nSPS) is 25.5. The summed E-state index contributed by atoms with van der Waals surface area (Å²) in [6.07, 6.45) is -3.26. The van der Waals surface area contributed by atoms with Crippen LogP contribution in [-0.4, -0.2) is 49.7 Å². The minimum Gasteiger partial charge on any atom is -0.389 e. The van der Waals surface area contributed by atoms with Crippen molar-refractivity contribution in [3.05, 3.63) is 65.2 Å². The summed E-state index contributed by atoms with van der Waals surface area (Å²) in [4.78, 5) is 13.6. The fraction of sp³-hybridized carbons (Fsp3) is 0.263. The van der Waals surface area contributed by atoms with Crippen molar-refractivity contribution in [1.29, 1.82) is 5.26 Å². The number of aliphatic hydroxyl groups is 3. The van der Waals surface area contributed by atoms with E-state index in [1.165, 1.54) is 23.5 Å². The zero-order valence-electron chi connectivity index (χ0n) is 13.6. The molecule has 2 aromatic carbocycles. The minimum atomic E-state index is -1.20. The molecule has 2 aromatic rings. The molecule has 0 bridgehead atoms. The van der Waals surface area contributed by atoms with Crippen LogP contribution in [0.15, 0.2) is 53.4 Å². The smallest absolute Gasteiger partial charge is 0.194 e. The molecule has 1 heterocycles. The summed E-state index contributed by atoms with van der Waals surface area (Å²) in [7, 11) is 0. The van der Waals surface area contributed by atoms with Crippen molar-refractivity contribution in [1.82, 2.24) is 0 Å². The summed E-state index contributed by atoms with van der Waals surface area (Å²) < 4.78 is -0.396. The third-order valence-electron chi connectivity index (χ3n) is 4.08. The molecule has 26 heavy (non-hydrogen) atoms. The Hall–Kier alpha value is -1.82. The Morgan fingerprint density at radius 2 is 1.88 bits per heavy atom. The van der Waals surface area contributed by atoms with Gasteiger partial charge in [-0.3, -0.25) is 4.79 Å². The Morgan fingerprint density at radius 3 is 2.65 bits per heavy atom. The highest BCUT2D eigenvalue weighted by atomic mass is 32.2. The van der Waals surface area contributed by atoms with Gasteiger partial charge in [0.1, 0.15) is 12.2 Å². The zero-order valence-corrected chi connectivity index (χ0v) is 15.3. The van der Waals surface area contributed by atoms with Gasteiger partial charge in [-0.15, -0.1) is 23.5 Å². The lowest BCUT2D eigenvalue weighted by Crippen LogP contribution is -2.47. The van der Waals surface area contributed by atoms with Crippen LogP contribution in [0.5, 0.6) is 0 Å². The average molecular weight is 387 g/mol. The third kappa shape index (κ3) is 3.95. The number of benzene rings is 2. The van der Waals surface area contributed by atoms with E-state index in [1.54, 1.807) is 48.5 Å². The van der Waals surface area contributed by atoms with E-state index in [2.05, 4.69) is 0 Å². The van der Waals surface area contributed by atoms with Crippen LogP contribution in [0.25, 0.3) is 0 Å². The van der Waals surface area contributed by atoms with Gasteiger partial charge in [-0.25, -0.2) is 0 Å². The van der Waals surface area contributed by atoms with Crippen LogP contribution in [0.3, 0.4) is 0 Å². The summed E-state index contributed by atoms with van der Waals surface area (Å²) in [5, 5.41) is 38.8. The van der Waals surface area contributed by atoms with Crippen molar-refractivity contribution in [2.75, 3.05) is 5.75 Å². The zero-order chi connectivity index (χ0) is 18.7. The van der Waals surface area contributed by atoms with E-state index < -0.39 is 22.9 Å². The van der Waals surface area contributed by atoms with Crippen LogP contribution in [0, 0.1) is 11.3 Å². The minimum absolute atomic E-state index is 0.207. The quantitative estimate of drug-likeness (QED) is 0.690. The molecule has 134 valence electrons. The molecule has 0 aromatic heterocycles. The average Bonchev–Trinajstić information content (AvgIpc) is 2.68. The molecule has 0 radical (unpaired) electrons. The first-order valence-electron chi connectivity index (χ1n) is 7.97. The first-order valence-corrected chi connectivity index (χ1v) is 9.90. The number of aliphatic hydroxyl groups excluding tert-OH is 3. The maximum atomic E-state index is 12.9. The van der Waals surface area contributed by atoms with Gasteiger partial charge in [0.25, 0.3) is 0 Å². The molecular weight excluding hydrogens is 370 g/mol. The monoisotopic (exact) mass is 387 g/mol. The summed E-state index contributed by atoms with van der Waals surface area (Å²) >= 11 is 2.64. The molecule has 1 saturated heterocycles. The molecule has 0 spiro atoms. The lowest BCUT2D eigenvalue weighted by molar-refractivity contribution is -0.0474. The van der Waals surface area contributed by atoms with E-state index in [1.807, 2.05) is 6.07 Å². The molecule has 4 atom stereocenters. The Labute approximate surface area is 159 Å². The summed E-state index contributed by atoms with van der Waals surface area (Å²) in [6, 6.07) is 15.6. The van der Waals surface area contributed by atoms with Crippen LogP contribution >= 0.6 is 23.5 Å². The number of hydrogen-bond acceptors (Lipinski definition) is 7. The second kappa shape index (κ2) is 8.25. The molecule has 7 heteroatoms. The van der Waals surface area contributed by atoms with E-state index in [9.17, 15) is 20.1 Å². The van der Waals surface area contributed by atoms with Gasteiger partial charge in [-0.2, -0.15) is 5.26 Å². The predicted octanol–water partition coefficient (Wildman–Crippen LogP) is 2.04. The summed E-state index contributed by atoms with van der Waals surface area (Å²) in [5.41, 5.74) is 1.31. The highest BCUT2D eigenvalue weighted by Gasteiger charge is 2.38. The molecule has 1 aliphatic rings. The van der Waals surface area contributed by atoms with Crippen molar-refractivity contribution in [3.8, 4) is 6.07 Å². The summed E-state index contributed by atoms with van der Waals surface area (Å²) in [6.45, 7) is 0. The molecule has 0 amide bonds. The molecule has 5 nitrogen and oxygen atoms in total. The van der Waals surface area contributed by atoms with Crippen LogP contribution in [0.2, 0.25) is 0 Å². The van der Waals surface area contributed by atoms with Gasteiger partial charge in [0.05, 0.1) is 22.3 Å². The summed E-state index contributed by atoms with van der Waals surface area (Å²) in [5.74, 6) is 0.108. The molecule has 1 fully saturated rings.